The van der Waals surface area contributed by atoms with Crippen molar-refractivity contribution in [1.82, 2.24) is 9.97 Å². The predicted octanol–water partition coefficient (Wildman–Crippen LogP) is 5.82. The quantitative estimate of drug-likeness (QED) is 0.437. The van der Waals surface area contributed by atoms with E-state index >= 15 is 0 Å². The van der Waals surface area contributed by atoms with E-state index in [1.165, 1.54) is 0 Å². The molecule has 0 fully saturated rings. The Morgan fingerprint density at radius 2 is 1.58 bits per heavy atom. The van der Waals surface area contributed by atoms with Crippen LogP contribution in [0.5, 0.6) is 5.75 Å². The van der Waals surface area contributed by atoms with Crippen LogP contribution in [0.15, 0.2) is 72.8 Å². The zero-order valence-electron chi connectivity index (χ0n) is 13.6. The van der Waals surface area contributed by atoms with Crippen molar-refractivity contribution in [3.8, 4) is 17.1 Å². The van der Waals surface area contributed by atoms with Crippen LogP contribution in [0.3, 0.4) is 0 Å². The highest BCUT2D eigenvalue weighted by Crippen LogP contribution is 2.32. The van der Waals surface area contributed by atoms with Gasteiger partial charge in [-0.3, -0.25) is 0 Å². The Bertz CT molecular complexity index is 1060. The minimum Gasteiger partial charge on any atom is -0.506 e. The standard InChI is InChI=1S/C20H14ClN3O.ClH/c21-14-10-11-18(25)17(12-14)23-20-15-8-4-5-9-16(15)22-19(24-20)13-6-2-1-3-7-13;/h1-12,25H,(H,22,23,24);1H. The molecule has 130 valence electrons. The fourth-order valence-corrected chi connectivity index (χ4v) is 2.80. The van der Waals surface area contributed by atoms with Gasteiger partial charge in [0.15, 0.2) is 5.82 Å². The number of hydrogen-bond donors (Lipinski definition) is 2. The van der Waals surface area contributed by atoms with Gasteiger partial charge in [0, 0.05) is 16.0 Å². The molecule has 0 spiro atoms. The molecule has 1 heterocycles. The van der Waals surface area contributed by atoms with Crippen molar-refractivity contribution < 1.29 is 5.11 Å². The number of fused-ring (bicyclic) bond motifs is 1. The molecule has 26 heavy (non-hydrogen) atoms. The summed E-state index contributed by atoms with van der Waals surface area (Å²) in [5.74, 6) is 1.33. The maximum absolute atomic E-state index is 10.1. The summed E-state index contributed by atoms with van der Waals surface area (Å²) in [5.41, 5.74) is 2.24. The van der Waals surface area contributed by atoms with Gasteiger partial charge in [0.05, 0.1) is 11.2 Å². The van der Waals surface area contributed by atoms with Crippen LogP contribution < -0.4 is 5.32 Å². The second-order valence-corrected chi connectivity index (χ2v) is 6.00. The number of rotatable bonds is 3. The predicted molar refractivity (Wildman–Crippen MR) is 109 cm³/mol. The lowest BCUT2D eigenvalue weighted by atomic mass is 10.2. The van der Waals surface area contributed by atoms with Crippen LogP contribution in [0.2, 0.25) is 5.02 Å². The van der Waals surface area contributed by atoms with Crippen LogP contribution in [0.1, 0.15) is 0 Å². The number of nitrogens with one attached hydrogen (secondary N) is 1. The Morgan fingerprint density at radius 3 is 2.38 bits per heavy atom. The first-order chi connectivity index (χ1) is 12.2. The maximum Gasteiger partial charge on any atom is 0.162 e. The van der Waals surface area contributed by atoms with Gasteiger partial charge in [0.1, 0.15) is 11.6 Å². The third-order valence-electron chi connectivity index (χ3n) is 3.85. The van der Waals surface area contributed by atoms with E-state index in [2.05, 4.69) is 15.3 Å². The second-order valence-electron chi connectivity index (χ2n) is 5.57. The smallest absolute Gasteiger partial charge is 0.162 e. The van der Waals surface area contributed by atoms with E-state index in [0.29, 0.717) is 22.4 Å². The number of para-hydroxylation sites is 1. The van der Waals surface area contributed by atoms with E-state index in [4.69, 9.17) is 11.6 Å². The molecule has 3 aromatic carbocycles. The number of aromatic hydroxyl groups is 1. The Labute approximate surface area is 161 Å². The molecule has 0 atom stereocenters. The summed E-state index contributed by atoms with van der Waals surface area (Å²) in [4.78, 5) is 9.31. The van der Waals surface area contributed by atoms with E-state index < -0.39 is 0 Å². The van der Waals surface area contributed by atoms with Crippen molar-refractivity contribution in [3.63, 3.8) is 0 Å². The lowest BCUT2D eigenvalue weighted by Gasteiger charge is -2.12. The van der Waals surface area contributed by atoms with Crippen molar-refractivity contribution in [2.45, 2.75) is 0 Å². The Balaban J connectivity index is 0.00000196. The van der Waals surface area contributed by atoms with Gasteiger partial charge in [-0.05, 0) is 30.3 Å². The summed E-state index contributed by atoms with van der Waals surface area (Å²) in [6, 6.07) is 22.4. The average Bonchev–Trinajstić information content (AvgIpc) is 2.65. The summed E-state index contributed by atoms with van der Waals surface area (Å²) in [7, 11) is 0. The number of phenolic OH excluding ortho intramolecular Hbond substituents is 1. The average molecular weight is 384 g/mol. The molecule has 0 aliphatic rings. The number of hydrogen-bond acceptors (Lipinski definition) is 4. The molecule has 4 aromatic rings. The molecule has 0 unspecified atom stereocenters. The molecule has 0 saturated heterocycles. The summed E-state index contributed by atoms with van der Waals surface area (Å²) in [6.45, 7) is 0. The topological polar surface area (TPSA) is 58.0 Å². The van der Waals surface area contributed by atoms with Crippen LogP contribution in [0.4, 0.5) is 11.5 Å². The zero-order chi connectivity index (χ0) is 17.2. The zero-order valence-corrected chi connectivity index (χ0v) is 15.1. The van der Waals surface area contributed by atoms with E-state index in [1.807, 2.05) is 54.6 Å². The summed E-state index contributed by atoms with van der Waals surface area (Å²) in [6.07, 6.45) is 0. The van der Waals surface area contributed by atoms with Gasteiger partial charge < -0.3 is 10.4 Å². The van der Waals surface area contributed by atoms with E-state index in [1.54, 1.807) is 18.2 Å². The van der Waals surface area contributed by atoms with Crippen molar-refractivity contribution in [1.29, 1.82) is 0 Å². The highest BCUT2D eigenvalue weighted by atomic mass is 35.5. The third-order valence-corrected chi connectivity index (χ3v) is 4.08. The number of nitrogens with zero attached hydrogens (tertiary/aromatic N) is 2. The number of benzene rings is 3. The first-order valence-electron chi connectivity index (χ1n) is 7.78. The first kappa shape index (κ1) is 18.0. The fourth-order valence-electron chi connectivity index (χ4n) is 2.62. The molecule has 1 aromatic heterocycles. The van der Waals surface area contributed by atoms with Gasteiger partial charge in [-0.1, -0.05) is 54.1 Å². The van der Waals surface area contributed by atoms with E-state index in [-0.39, 0.29) is 18.2 Å². The van der Waals surface area contributed by atoms with Crippen LogP contribution in [-0.2, 0) is 0 Å². The highest BCUT2D eigenvalue weighted by Gasteiger charge is 2.11. The minimum atomic E-state index is 0. The van der Waals surface area contributed by atoms with Crippen molar-refractivity contribution in [2.24, 2.45) is 0 Å². The second kappa shape index (κ2) is 7.60. The lowest BCUT2D eigenvalue weighted by molar-refractivity contribution is 0.478. The molecular formula is C20H15Cl2N3O. The van der Waals surface area contributed by atoms with Crippen LogP contribution in [0.25, 0.3) is 22.3 Å². The normalized spacial score (nSPS) is 10.3. The molecule has 0 aliphatic carbocycles. The largest absolute Gasteiger partial charge is 0.506 e. The maximum atomic E-state index is 10.1. The molecular weight excluding hydrogens is 369 g/mol. The van der Waals surface area contributed by atoms with Crippen LogP contribution in [-0.4, -0.2) is 15.1 Å². The molecule has 0 saturated carbocycles. The van der Waals surface area contributed by atoms with E-state index in [0.717, 1.165) is 16.5 Å². The highest BCUT2D eigenvalue weighted by molar-refractivity contribution is 6.31. The Morgan fingerprint density at radius 1 is 0.846 bits per heavy atom. The van der Waals surface area contributed by atoms with Crippen molar-refractivity contribution in [2.75, 3.05) is 5.32 Å². The van der Waals surface area contributed by atoms with Crippen LogP contribution in [0, 0.1) is 0 Å². The van der Waals surface area contributed by atoms with Gasteiger partial charge in [0.25, 0.3) is 0 Å². The molecule has 6 heteroatoms. The van der Waals surface area contributed by atoms with Gasteiger partial charge >= 0.3 is 0 Å². The van der Waals surface area contributed by atoms with Gasteiger partial charge in [-0.15, -0.1) is 12.4 Å². The molecule has 4 rings (SSSR count). The SMILES string of the molecule is Cl.Oc1ccc(Cl)cc1Nc1nc(-c2ccccc2)nc2ccccc12. The summed E-state index contributed by atoms with van der Waals surface area (Å²) in [5, 5.41) is 14.7. The summed E-state index contributed by atoms with van der Waals surface area (Å²) >= 11 is 6.04. The Kier molecular flexibility index (Phi) is 5.26. The summed E-state index contributed by atoms with van der Waals surface area (Å²) < 4.78 is 0. The Hall–Kier alpha value is -2.82. The molecule has 0 amide bonds. The van der Waals surface area contributed by atoms with E-state index in [9.17, 15) is 5.11 Å². The monoisotopic (exact) mass is 383 g/mol. The fraction of sp³-hybridized carbons (Fsp3) is 0. The van der Waals surface area contributed by atoms with Crippen molar-refractivity contribution >= 4 is 46.4 Å². The number of aromatic nitrogens is 2. The molecule has 0 radical (unpaired) electrons. The number of anilines is 2. The lowest BCUT2D eigenvalue weighted by Crippen LogP contribution is -1.99. The first-order valence-corrected chi connectivity index (χ1v) is 8.16. The van der Waals surface area contributed by atoms with Crippen LogP contribution >= 0.6 is 24.0 Å². The van der Waals surface area contributed by atoms with Gasteiger partial charge in [0.2, 0.25) is 0 Å². The minimum absolute atomic E-state index is 0. The van der Waals surface area contributed by atoms with Crippen molar-refractivity contribution in [3.05, 3.63) is 77.8 Å². The molecule has 2 N–H and O–H groups in total. The van der Waals surface area contributed by atoms with Gasteiger partial charge in [-0.25, -0.2) is 9.97 Å². The number of halogens is 2. The molecule has 4 nitrogen and oxygen atoms in total. The molecule has 0 bridgehead atoms. The third kappa shape index (κ3) is 3.57. The molecule has 0 aliphatic heterocycles. The van der Waals surface area contributed by atoms with Gasteiger partial charge in [-0.2, -0.15) is 0 Å². The number of phenols is 1.